The number of ether oxygens (including phenoxy) is 1. The Hall–Kier alpha value is -2.55. The number of sulfonamides is 1. The zero-order valence-corrected chi connectivity index (χ0v) is 13.6. The standard InChI is InChI=1S/C15H15N5O3S/c21-24(22,13-10-16-19-6-3-9-23-14(13)19)20-8-7-18-12-5-2-1-4-11(12)17-15(18)20/h1-2,4-5,10H,3,6-9H2. The predicted molar refractivity (Wildman–Crippen MR) is 86.6 cm³/mol. The van der Waals surface area contributed by atoms with Gasteiger partial charge in [-0.05, 0) is 12.1 Å². The van der Waals surface area contributed by atoms with Gasteiger partial charge < -0.3 is 9.30 Å². The number of para-hydroxylation sites is 2. The topological polar surface area (TPSA) is 82.2 Å². The molecule has 0 fully saturated rings. The van der Waals surface area contributed by atoms with E-state index in [1.165, 1.54) is 10.5 Å². The molecule has 0 saturated heterocycles. The highest BCUT2D eigenvalue weighted by Gasteiger charge is 2.37. The molecular formula is C15H15N5O3S. The Morgan fingerprint density at radius 2 is 2.00 bits per heavy atom. The number of nitrogens with zero attached hydrogens (tertiary/aromatic N) is 5. The lowest BCUT2D eigenvalue weighted by Crippen LogP contribution is -2.30. The van der Waals surface area contributed by atoms with E-state index in [-0.39, 0.29) is 4.90 Å². The lowest BCUT2D eigenvalue weighted by Gasteiger charge is -2.19. The summed E-state index contributed by atoms with van der Waals surface area (Å²) >= 11 is 0. The molecular weight excluding hydrogens is 330 g/mol. The Bertz CT molecular complexity index is 1050. The van der Waals surface area contributed by atoms with Crippen LogP contribution in [-0.4, -0.2) is 40.9 Å². The Morgan fingerprint density at radius 3 is 2.92 bits per heavy atom. The number of aryl methyl sites for hydroxylation is 1. The number of benzene rings is 1. The van der Waals surface area contributed by atoms with Crippen LogP contribution in [0.4, 0.5) is 5.95 Å². The van der Waals surface area contributed by atoms with Crippen molar-refractivity contribution in [2.45, 2.75) is 24.4 Å². The Kier molecular flexibility index (Phi) is 2.73. The average molecular weight is 345 g/mol. The van der Waals surface area contributed by atoms with E-state index in [0.717, 1.165) is 17.5 Å². The molecule has 9 heteroatoms. The summed E-state index contributed by atoms with van der Waals surface area (Å²) in [5.41, 5.74) is 1.74. The first-order valence-electron chi connectivity index (χ1n) is 7.83. The van der Waals surface area contributed by atoms with Crippen LogP contribution in [0.5, 0.6) is 5.88 Å². The third-order valence-corrected chi connectivity index (χ3v) is 6.23. The maximum Gasteiger partial charge on any atom is 0.273 e. The lowest BCUT2D eigenvalue weighted by molar-refractivity contribution is 0.224. The van der Waals surface area contributed by atoms with Gasteiger partial charge in [-0.3, -0.25) is 0 Å². The molecule has 2 aromatic heterocycles. The van der Waals surface area contributed by atoms with Crippen LogP contribution in [0, 0.1) is 0 Å². The molecule has 4 heterocycles. The summed E-state index contributed by atoms with van der Waals surface area (Å²) in [6.07, 6.45) is 2.20. The molecule has 2 aliphatic rings. The Labute approximate surface area is 138 Å². The van der Waals surface area contributed by atoms with Gasteiger partial charge in [0.2, 0.25) is 11.8 Å². The molecule has 0 atom stereocenters. The van der Waals surface area contributed by atoms with Crippen molar-refractivity contribution in [3.63, 3.8) is 0 Å². The van der Waals surface area contributed by atoms with Gasteiger partial charge in [0.25, 0.3) is 10.0 Å². The summed E-state index contributed by atoms with van der Waals surface area (Å²) in [6.45, 7) is 2.12. The molecule has 0 bridgehead atoms. The van der Waals surface area contributed by atoms with Crippen LogP contribution >= 0.6 is 0 Å². The number of fused-ring (bicyclic) bond motifs is 4. The molecule has 0 radical (unpaired) electrons. The molecule has 2 aliphatic heterocycles. The van der Waals surface area contributed by atoms with Crippen LogP contribution in [0.1, 0.15) is 6.42 Å². The minimum atomic E-state index is -3.76. The van der Waals surface area contributed by atoms with E-state index < -0.39 is 10.0 Å². The minimum absolute atomic E-state index is 0.114. The first-order valence-corrected chi connectivity index (χ1v) is 9.27. The fourth-order valence-electron chi connectivity index (χ4n) is 3.33. The molecule has 0 aliphatic carbocycles. The maximum atomic E-state index is 13.1. The zero-order chi connectivity index (χ0) is 16.3. The van der Waals surface area contributed by atoms with Gasteiger partial charge in [-0.15, -0.1) is 0 Å². The molecule has 0 unspecified atom stereocenters. The van der Waals surface area contributed by atoms with Crippen molar-refractivity contribution in [1.29, 1.82) is 0 Å². The molecule has 24 heavy (non-hydrogen) atoms. The number of rotatable bonds is 2. The highest BCUT2D eigenvalue weighted by molar-refractivity contribution is 7.93. The second-order valence-electron chi connectivity index (χ2n) is 5.87. The first kappa shape index (κ1) is 13.8. The van der Waals surface area contributed by atoms with E-state index >= 15 is 0 Å². The largest absolute Gasteiger partial charge is 0.477 e. The van der Waals surface area contributed by atoms with Gasteiger partial charge in [-0.1, -0.05) is 12.1 Å². The van der Waals surface area contributed by atoms with Crippen molar-refractivity contribution in [3.05, 3.63) is 30.5 Å². The summed E-state index contributed by atoms with van der Waals surface area (Å²) < 4.78 is 36.7. The van der Waals surface area contributed by atoms with Gasteiger partial charge >= 0.3 is 0 Å². The van der Waals surface area contributed by atoms with Crippen LogP contribution in [-0.2, 0) is 23.1 Å². The molecule has 0 spiro atoms. The van der Waals surface area contributed by atoms with Crippen molar-refractivity contribution in [3.8, 4) is 5.88 Å². The van der Waals surface area contributed by atoms with Crippen LogP contribution in [0.2, 0.25) is 0 Å². The quantitative estimate of drug-likeness (QED) is 0.697. The number of imidazole rings is 1. The second kappa shape index (κ2) is 4.73. The summed E-state index contributed by atoms with van der Waals surface area (Å²) in [6, 6.07) is 7.66. The normalized spacial score (nSPS) is 16.9. The van der Waals surface area contributed by atoms with Crippen molar-refractivity contribution >= 4 is 27.0 Å². The van der Waals surface area contributed by atoms with Crippen molar-refractivity contribution in [1.82, 2.24) is 19.3 Å². The molecule has 1 aromatic carbocycles. The van der Waals surface area contributed by atoms with Crippen LogP contribution < -0.4 is 9.04 Å². The first-order chi connectivity index (χ1) is 11.7. The van der Waals surface area contributed by atoms with Crippen LogP contribution in [0.25, 0.3) is 11.0 Å². The van der Waals surface area contributed by atoms with E-state index in [9.17, 15) is 8.42 Å². The van der Waals surface area contributed by atoms with Crippen LogP contribution in [0.15, 0.2) is 35.4 Å². The van der Waals surface area contributed by atoms with Crippen LogP contribution in [0.3, 0.4) is 0 Å². The second-order valence-corrected chi connectivity index (χ2v) is 7.70. The maximum absolute atomic E-state index is 13.1. The highest BCUT2D eigenvalue weighted by atomic mass is 32.2. The monoisotopic (exact) mass is 345 g/mol. The third-order valence-electron chi connectivity index (χ3n) is 4.46. The molecule has 124 valence electrons. The minimum Gasteiger partial charge on any atom is -0.477 e. The van der Waals surface area contributed by atoms with E-state index in [2.05, 4.69) is 10.1 Å². The lowest BCUT2D eigenvalue weighted by atomic mass is 10.3. The fraction of sp³-hybridized carbons (Fsp3) is 0.333. The van der Waals surface area contributed by atoms with E-state index in [1.807, 2.05) is 28.8 Å². The number of anilines is 1. The molecule has 0 saturated carbocycles. The van der Waals surface area contributed by atoms with Crippen molar-refractivity contribution < 1.29 is 13.2 Å². The smallest absolute Gasteiger partial charge is 0.273 e. The van der Waals surface area contributed by atoms with Gasteiger partial charge in [0.05, 0.1) is 30.4 Å². The summed E-state index contributed by atoms with van der Waals surface area (Å²) in [5, 5.41) is 4.15. The van der Waals surface area contributed by atoms with E-state index in [1.54, 1.807) is 4.68 Å². The van der Waals surface area contributed by atoms with Crippen molar-refractivity contribution in [2.75, 3.05) is 17.5 Å². The zero-order valence-electron chi connectivity index (χ0n) is 12.8. The third kappa shape index (κ3) is 1.75. The van der Waals surface area contributed by atoms with E-state index in [4.69, 9.17) is 4.74 Å². The molecule has 0 N–H and O–H groups in total. The van der Waals surface area contributed by atoms with Gasteiger partial charge in [-0.2, -0.15) is 5.10 Å². The van der Waals surface area contributed by atoms with Gasteiger partial charge in [0.15, 0.2) is 4.90 Å². The Morgan fingerprint density at radius 1 is 1.12 bits per heavy atom. The molecule has 3 aromatic rings. The SMILES string of the molecule is O=S(=O)(c1cnn2c1OCCC2)N1CCn2c1nc1ccccc12. The molecule has 8 nitrogen and oxygen atoms in total. The number of aromatic nitrogens is 4. The number of hydrogen-bond acceptors (Lipinski definition) is 5. The molecule has 0 amide bonds. The molecule has 5 rings (SSSR count). The fourth-order valence-corrected chi connectivity index (χ4v) is 4.81. The average Bonchev–Trinajstić information content (AvgIpc) is 3.27. The van der Waals surface area contributed by atoms with E-state index in [0.29, 0.717) is 38.1 Å². The summed E-state index contributed by atoms with van der Waals surface area (Å²) in [4.78, 5) is 4.62. The highest BCUT2D eigenvalue weighted by Crippen LogP contribution is 2.35. The van der Waals surface area contributed by atoms with Gasteiger partial charge in [0, 0.05) is 19.5 Å². The van der Waals surface area contributed by atoms with Crippen molar-refractivity contribution in [2.24, 2.45) is 0 Å². The Balaban J connectivity index is 1.64. The summed E-state index contributed by atoms with van der Waals surface area (Å²) in [7, 11) is -3.76. The predicted octanol–water partition coefficient (Wildman–Crippen LogP) is 1.22. The number of hydrogen-bond donors (Lipinski definition) is 0. The van der Waals surface area contributed by atoms with Gasteiger partial charge in [-0.25, -0.2) is 22.4 Å². The van der Waals surface area contributed by atoms with Gasteiger partial charge in [0.1, 0.15) is 0 Å². The summed E-state index contributed by atoms with van der Waals surface area (Å²) in [5.74, 6) is 0.780.